The minimum Gasteiger partial charge on any atom is -0.359 e. The molecule has 110 valence electrons. The second-order valence-corrected chi connectivity index (χ2v) is 5.48. The van der Waals surface area contributed by atoms with Crippen molar-refractivity contribution in [2.75, 3.05) is 0 Å². The van der Waals surface area contributed by atoms with Crippen LogP contribution in [0.2, 0.25) is 0 Å². The minimum atomic E-state index is 0.443. The van der Waals surface area contributed by atoms with Gasteiger partial charge >= 0.3 is 0 Å². The average Bonchev–Trinajstić information content (AvgIpc) is 2.93. The van der Waals surface area contributed by atoms with E-state index in [1.807, 2.05) is 10.7 Å². The molecule has 0 aliphatic carbocycles. The molecule has 0 saturated heterocycles. The molecule has 2 heterocycles. The molecule has 0 aliphatic heterocycles. The molecule has 5 nitrogen and oxygen atoms in total. The molecule has 0 unspecified atom stereocenters. The molecule has 0 radical (unpaired) electrons. The lowest BCUT2D eigenvalue weighted by Gasteiger charge is -2.03. The first kappa shape index (κ1) is 14.8. The maximum absolute atomic E-state index is 5.39. The Bertz CT molecular complexity index is 568. The summed E-state index contributed by atoms with van der Waals surface area (Å²) in [5, 5.41) is 12.0. The number of nitrogens with zero attached hydrogens (tertiary/aromatic N) is 3. The molecular weight excluding hydrogens is 252 g/mol. The van der Waals surface area contributed by atoms with Crippen molar-refractivity contribution in [3.63, 3.8) is 0 Å². The zero-order valence-electron chi connectivity index (χ0n) is 13.0. The zero-order chi connectivity index (χ0) is 14.7. The van der Waals surface area contributed by atoms with Crippen molar-refractivity contribution in [2.24, 2.45) is 0 Å². The summed E-state index contributed by atoms with van der Waals surface area (Å²) in [5.74, 6) is 0.846. The van der Waals surface area contributed by atoms with Crippen molar-refractivity contribution in [1.82, 2.24) is 20.3 Å². The van der Waals surface area contributed by atoms with E-state index in [0.717, 1.165) is 30.1 Å². The molecule has 0 spiro atoms. The highest BCUT2D eigenvalue weighted by Crippen LogP contribution is 2.15. The summed E-state index contributed by atoms with van der Waals surface area (Å²) in [5.41, 5.74) is 4.58. The number of aryl methyl sites for hydroxylation is 1. The Morgan fingerprint density at radius 3 is 2.70 bits per heavy atom. The Morgan fingerprint density at radius 2 is 2.10 bits per heavy atom. The predicted octanol–water partition coefficient (Wildman–Crippen LogP) is 2.60. The van der Waals surface area contributed by atoms with Crippen LogP contribution in [0.3, 0.4) is 0 Å². The quantitative estimate of drug-likeness (QED) is 0.881. The highest BCUT2D eigenvalue weighted by atomic mass is 16.5. The molecule has 0 amide bonds. The second kappa shape index (κ2) is 6.22. The SMILES string of the molecule is CCc1c(C)nn(Cc2cc(CNC(C)C)no2)c1C. The van der Waals surface area contributed by atoms with Crippen LogP contribution in [0.1, 0.15) is 49.2 Å². The van der Waals surface area contributed by atoms with Gasteiger partial charge in [-0.1, -0.05) is 25.9 Å². The number of nitrogens with one attached hydrogen (secondary N) is 1. The number of hydrogen-bond donors (Lipinski definition) is 1. The van der Waals surface area contributed by atoms with Crippen molar-refractivity contribution in [3.8, 4) is 0 Å². The standard InChI is InChI=1S/C15H24N4O/c1-6-15-11(4)17-19(12(15)5)9-14-7-13(18-20-14)8-16-10(2)3/h7,10,16H,6,8-9H2,1-5H3. The van der Waals surface area contributed by atoms with Gasteiger partial charge in [-0.25, -0.2) is 0 Å². The van der Waals surface area contributed by atoms with Crippen molar-refractivity contribution in [2.45, 2.75) is 60.2 Å². The third-order valence-corrected chi connectivity index (χ3v) is 3.49. The summed E-state index contributed by atoms with van der Waals surface area (Å²) in [4.78, 5) is 0. The molecule has 0 saturated carbocycles. The lowest BCUT2D eigenvalue weighted by Crippen LogP contribution is -2.21. The van der Waals surface area contributed by atoms with Gasteiger partial charge in [-0.3, -0.25) is 4.68 Å². The van der Waals surface area contributed by atoms with Gasteiger partial charge in [0, 0.05) is 24.3 Å². The topological polar surface area (TPSA) is 55.9 Å². The van der Waals surface area contributed by atoms with E-state index in [2.05, 4.69) is 50.2 Å². The Balaban J connectivity index is 2.07. The van der Waals surface area contributed by atoms with Gasteiger partial charge in [0.25, 0.3) is 0 Å². The molecule has 20 heavy (non-hydrogen) atoms. The van der Waals surface area contributed by atoms with Crippen LogP contribution in [0.5, 0.6) is 0 Å². The molecule has 2 rings (SSSR count). The van der Waals surface area contributed by atoms with Gasteiger partial charge in [0.1, 0.15) is 6.54 Å². The van der Waals surface area contributed by atoms with Crippen LogP contribution in [0.15, 0.2) is 10.6 Å². The van der Waals surface area contributed by atoms with Crippen molar-refractivity contribution in [1.29, 1.82) is 0 Å². The van der Waals surface area contributed by atoms with E-state index in [9.17, 15) is 0 Å². The lowest BCUT2D eigenvalue weighted by molar-refractivity contribution is 0.362. The van der Waals surface area contributed by atoms with Crippen LogP contribution >= 0.6 is 0 Å². The first-order chi connectivity index (χ1) is 9.51. The molecule has 2 aromatic heterocycles. The van der Waals surface area contributed by atoms with Crippen LogP contribution in [0, 0.1) is 13.8 Å². The first-order valence-corrected chi connectivity index (χ1v) is 7.22. The highest BCUT2D eigenvalue weighted by molar-refractivity contribution is 5.24. The van der Waals surface area contributed by atoms with Gasteiger partial charge in [0.05, 0.1) is 11.4 Å². The van der Waals surface area contributed by atoms with E-state index >= 15 is 0 Å². The summed E-state index contributed by atoms with van der Waals surface area (Å²) < 4.78 is 7.38. The van der Waals surface area contributed by atoms with Gasteiger partial charge in [-0.15, -0.1) is 0 Å². The third-order valence-electron chi connectivity index (χ3n) is 3.49. The Labute approximate surface area is 120 Å². The summed E-state index contributed by atoms with van der Waals surface area (Å²) in [6, 6.07) is 2.44. The van der Waals surface area contributed by atoms with E-state index < -0.39 is 0 Å². The highest BCUT2D eigenvalue weighted by Gasteiger charge is 2.12. The van der Waals surface area contributed by atoms with Gasteiger partial charge in [0.2, 0.25) is 0 Å². The molecule has 0 bridgehead atoms. The molecule has 0 aromatic carbocycles. The molecule has 2 aromatic rings. The van der Waals surface area contributed by atoms with Crippen LogP contribution in [0.4, 0.5) is 0 Å². The molecule has 0 atom stereocenters. The van der Waals surface area contributed by atoms with E-state index in [-0.39, 0.29) is 0 Å². The molecule has 5 heteroatoms. The molecule has 0 fully saturated rings. The van der Waals surface area contributed by atoms with E-state index in [1.165, 1.54) is 11.3 Å². The van der Waals surface area contributed by atoms with E-state index in [0.29, 0.717) is 12.6 Å². The molecular formula is C15H24N4O. The maximum Gasteiger partial charge on any atom is 0.158 e. The Morgan fingerprint density at radius 1 is 1.35 bits per heavy atom. The summed E-state index contributed by atoms with van der Waals surface area (Å²) in [7, 11) is 0. The van der Waals surface area contributed by atoms with Crippen molar-refractivity contribution in [3.05, 3.63) is 34.5 Å². The smallest absolute Gasteiger partial charge is 0.158 e. The Kier molecular flexibility index (Phi) is 4.60. The average molecular weight is 276 g/mol. The predicted molar refractivity (Wildman–Crippen MR) is 78.7 cm³/mol. The summed E-state index contributed by atoms with van der Waals surface area (Å²) in [6.07, 6.45) is 1.01. The Hall–Kier alpha value is -1.62. The fourth-order valence-corrected chi connectivity index (χ4v) is 2.37. The van der Waals surface area contributed by atoms with Crippen LogP contribution in [0.25, 0.3) is 0 Å². The third kappa shape index (κ3) is 3.28. The maximum atomic E-state index is 5.39. The molecule has 0 aliphatic rings. The van der Waals surface area contributed by atoms with Gasteiger partial charge in [-0.05, 0) is 25.8 Å². The van der Waals surface area contributed by atoms with Gasteiger partial charge < -0.3 is 9.84 Å². The first-order valence-electron chi connectivity index (χ1n) is 7.22. The largest absolute Gasteiger partial charge is 0.359 e. The van der Waals surface area contributed by atoms with Gasteiger partial charge in [-0.2, -0.15) is 5.10 Å². The monoisotopic (exact) mass is 276 g/mol. The zero-order valence-corrected chi connectivity index (χ0v) is 13.0. The van der Waals surface area contributed by atoms with Crippen LogP contribution < -0.4 is 5.32 Å². The number of hydrogen-bond acceptors (Lipinski definition) is 4. The minimum absolute atomic E-state index is 0.443. The van der Waals surface area contributed by atoms with E-state index in [4.69, 9.17) is 4.52 Å². The number of rotatable bonds is 6. The fraction of sp³-hybridized carbons (Fsp3) is 0.600. The van der Waals surface area contributed by atoms with E-state index in [1.54, 1.807) is 0 Å². The van der Waals surface area contributed by atoms with Crippen LogP contribution in [-0.4, -0.2) is 21.0 Å². The normalized spacial score (nSPS) is 11.5. The van der Waals surface area contributed by atoms with Crippen molar-refractivity contribution >= 4 is 0 Å². The summed E-state index contributed by atoms with van der Waals surface area (Å²) >= 11 is 0. The van der Waals surface area contributed by atoms with Gasteiger partial charge in [0.15, 0.2) is 5.76 Å². The second-order valence-electron chi connectivity index (χ2n) is 5.48. The lowest BCUT2D eigenvalue weighted by atomic mass is 10.1. The molecule has 1 N–H and O–H groups in total. The summed E-state index contributed by atoms with van der Waals surface area (Å²) in [6.45, 7) is 11.9. The van der Waals surface area contributed by atoms with Crippen LogP contribution in [-0.2, 0) is 19.5 Å². The van der Waals surface area contributed by atoms with Crippen molar-refractivity contribution < 1.29 is 4.52 Å². The number of aromatic nitrogens is 3. The fourth-order valence-electron chi connectivity index (χ4n) is 2.37.